The average molecular weight is 156 g/mol. The van der Waals surface area contributed by atoms with Gasteiger partial charge >= 0.3 is 5.97 Å². The number of carbonyl (C=O) groups excluding carboxylic acids is 2. The van der Waals surface area contributed by atoms with Crippen molar-refractivity contribution < 1.29 is 14.3 Å². The second-order valence-electron chi connectivity index (χ2n) is 2.10. The first kappa shape index (κ1) is 9.88. The third-order valence-electron chi connectivity index (χ3n) is 1.07. The number of hydrogen-bond donors (Lipinski definition) is 0. The van der Waals surface area contributed by atoms with Crippen molar-refractivity contribution in [2.75, 3.05) is 6.61 Å². The number of ether oxygens (including phenoxy) is 1. The second-order valence-corrected chi connectivity index (χ2v) is 2.10. The van der Waals surface area contributed by atoms with Crippen molar-refractivity contribution >= 4 is 11.8 Å². The third-order valence-corrected chi connectivity index (χ3v) is 1.07. The summed E-state index contributed by atoms with van der Waals surface area (Å²) in [4.78, 5) is 21.2. The molecule has 0 amide bonds. The van der Waals surface area contributed by atoms with Crippen LogP contribution in [0.2, 0.25) is 0 Å². The molecule has 0 radical (unpaired) electrons. The largest absolute Gasteiger partial charge is 0.455 e. The van der Waals surface area contributed by atoms with E-state index in [4.69, 9.17) is 0 Å². The van der Waals surface area contributed by atoms with Crippen LogP contribution in [0.25, 0.3) is 0 Å². The highest BCUT2D eigenvalue weighted by Gasteiger charge is 2.02. The van der Waals surface area contributed by atoms with Crippen LogP contribution in [0.5, 0.6) is 0 Å². The monoisotopic (exact) mass is 156 g/mol. The Morgan fingerprint density at radius 1 is 1.55 bits per heavy atom. The summed E-state index contributed by atoms with van der Waals surface area (Å²) in [6, 6.07) is 0. The van der Waals surface area contributed by atoms with Gasteiger partial charge in [0.05, 0.1) is 0 Å². The number of Topliss-reactive ketones (excluding diaryl/α,β-unsaturated/α-hetero) is 1. The van der Waals surface area contributed by atoms with Gasteiger partial charge in [0.25, 0.3) is 0 Å². The zero-order chi connectivity index (χ0) is 8.69. The van der Waals surface area contributed by atoms with E-state index in [1.165, 1.54) is 0 Å². The van der Waals surface area contributed by atoms with Gasteiger partial charge in [-0.1, -0.05) is 13.5 Å². The maximum atomic E-state index is 10.8. The van der Waals surface area contributed by atoms with E-state index in [0.29, 0.717) is 6.42 Å². The second kappa shape index (κ2) is 5.65. The fraction of sp³-hybridized carbons (Fsp3) is 0.500. The number of esters is 1. The van der Waals surface area contributed by atoms with E-state index in [2.05, 4.69) is 11.3 Å². The van der Waals surface area contributed by atoms with E-state index in [1.807, 2.05) is 6.92 Å². The number of rotatable bonds is 5. The molecule has 0 bridgehead atoms. The molecule has 0 aromatic heterocycles. The molecule has 62 valence electrons. The van der Waals surface area contributed by atoms with Gasteiger partial charge in [0, 0.05) is 12.5 Å². The Bertz CT molecular complexity index is 161. The fourth-order valence-corrected chi connectivity index (χ4v) is 0.562. The Kier molecular flexibility index (Phi) is 5.07. The van der Waals surface area contributed by atoms with Crippen LogP contribution < -0.4 is 0 Å². The molecule has 0 aliphatic heterocycles. The van der Waals surface area contributed by atoms with E-state index >= 15 is 0 Å². The van der Waals surface area contributed by atoms with Gasteiger partial charge in [0.15, 0.2) is 5.78 Å². The minimum atomic E-state index is -0.547. The van der Waals surface area contributed by atoms with Crippen LogP contribution in [0.15, 0.2) is 12.7 Å². The number of ketones is 1. The van der Waals surface area contributed by atoms with E-state index < -0.39 is 5.97 Å². The summed E-state index contributed by atoms with van der Waals surface area (Å²) in [6.45, 7) is 4.97. The van der Waals surface area contributed by atoms with Gasteiger partial charge in [-0.15, -0.1) is 0 Å². The summed E-state index contributed by atoms with van der Waals surface area (Å²) in [7, 11) is 0. The van der Waals surface area contributed by atoms with Crippen LogP contribution in [0.4, 0.5) is 0 Å². The molecule has 0 atom stereocenters. The Balaban J connectivity index is 3.45. The van der Waals surface area contributed by atoms with Crippen molar-refractivity contribution in [1.82, 2.24) is 0 Å². The summed E-state index contributed by atoms with van der Waals surface area (Å²) in [5, 5.41) is 0. The topological polar surface area (TPSA) is 43.4 Å². The summed E-state index contributed by atoms with van der Waals surface area (Å²) >= 11 is 0. The fourth-order valence-electron chi connectivity index (χ4n) is 0.562. The average Bonchev–Trinajstić information content (AvgIpc) is 2.01. The molecule has 0 N–H and O–H groups in total. The lowest BCUT2D eigenvalue weighted by Crippen LogP contribution is -2.11. The van der Waals surface area contributed by atoms with Gasteiger partial charge in [0.1, 0.15) is 6.61 Å². The van der Waals surface area contributed by atoms with Gasteiger partial charge in [-0.2, -0.15) is 0 Å². The highest BCUT2D eigenvalue weighted by molar-refractivity contribution is 5.86. The maximum Gasteiger partial charge on any atom is 0.330 e. The lowest BCUT2D eigenvalue weighted by atomic mass is 10.2. The van der Waals surface area contributed by atoms with Crippen molar-refractivity contribution in [1.29, 1.82) is 0 Å². The Labute approximate surface area is 66.0 Å². The quantitative estimate of drug-likeness (QED) is 0.442. The first-order chi connectivity index (χ1) is 5.20. The lowest BCUT2D eigenvalue weighted by Gasteiger charge is -1.98. The summed E-state index contributed by atoms with van der Waals surface area (Å²) in [6.07, 6.45) is 2.29. The Morgan fingerprint density at radius 2 is 2.18 bits per heavy atom. The highest BCUT2D eigenvalue weighted by Crippen LogP contribution is 1.90. The Hall–Kier alpha value is -1.12. The van der Waals surface area contributed by atoms with Crippen LogP contribution in [-0.4, -0.2) is 18.4 Å². The molecule has 0 aliphatic carbocycles. The minimum Gasteiger partial charge on any atom is -0.455 e. The first-order valence-corrected chi connectivity index (χ1v) is 3.51. The number of carbonyl (C=O) groups is 2. The van der Waals surface area contributed by atoms with E-state index in [0.717, 1.165) is 12.5 Å². The molecule has 0 unspecified atom stereocenters. The van der Waals surface area contributed by atoms with Gasteiger partial charge in [-0.25, -0.2) is 4.79 Å². The minimum absolute atomic E-state index is 0.0531. The zero-order valence-corrected chi connectivity index (χ0v) is 6.63. The highest BCUT2D eigenvalue weighted by atomic mass is 16.5. The van der Waals surface area contributed by atoms with Gasteiger partial charge in [-0.3, -0.25) is 4.79 Å². The standard InChI is InChI=1S/C8H12O3/c1-3-5-7(9)6-11-8(10)4-2/h4H,2-3,5-6H2,1H3. The van der Waals surface area contributed by atoms with Crippen molar-refractivity contribution in [3.63, 3.8) is 0 Å². The summed E-state index contributed by atoms with van der Waals surface area (Å²) < 4.78 is 4.50. The molecular weight excluding hydrogens is 144 g/mol. The van der Waals surface area contributed by atoms with Crippen molar-refractivity contribution in [3.8, 4) is 0 Å². The van der Waals surface area contributed by atoms with Crippen LogP contribution in [0.3, 0.4) is 0 Å². The summed E-state index contributed by atoms with van der Waals surface area (Å²) in [5.74, 6) is -0.600. The molecule has 0 fully saturated rings. The molecule has 0 rings (SSSR count). The van der Waals surface area contributed by atoms with Gasteiger partial charge < -0.3 is 4.74 Å². The zero-order valence-electron chi connectivity index (χ0n) is 6.63. The normalized spacial score (nSPS) is 8.82. The molecule has 0 saturated carbocycles. The van der Waals surface area contributed by atoms with Crippen LogP contribution in [-0.2, 0) is 14.3 Å². The molecule has 0 heterocycles. The van der Waals surface area contributed by atoms with Crippen LogP contribution in [0.1, 0.15) is 19.8 Å². The van der Waals surface area contributed by atoms with Crippen molar-refractivity contribution in [2.24, 2.45) is 0 Å². The van der Waals surface area contributed by atoms with E-state index in [-0.39, 0.29) is 12.4 Å². The molecule has 0 aromatic rings. The molecule has 3 nitrogen and oxygen atoms in total. The predicted molar refractivity (Wildman–Crippen MR) is 41.1 cm³/mol. The molecular formula is C8H12O3. The predicted octanol–water partition coefficient (Wildman–Crippen LogP) is 1.08. The van der Waals surface area contributed by atoms with Gasteiger partial charge in [0.2, 0.25) is 0 Å². The smallest absolute Gasteiger partial charge is 0.330 e. The number of hydrogen-bond acceptors (Lipinski definition) is 3. The maximum absolute atomic E-state index is 10.8. The van der Waals surface area contributed by atoms with E-state index in [1.54, 1.807) is 0 Å². The molecule has 0 saturated heterocycles. The van der Waals surface area contributed by atoms with Crippen LogP contribution in [0, 0.1) is 0 Å². The Morgan fingerprint density at radius 3 is 2.64 bits per heavy atom. The summed E-state index contributed by atoms with van der Waals surface area (Å²) in [5.41, 5.74) is 0. The van der Waals surface area contributed by atoms with Gasteiger partial charge in [-0.05, 0) is 6.42 Å². The van der Waals surface area contributed by atoms with Crippen LogP contribution >= 0.6 is 0 Å². The molecule has 0 aliphatic rings. The molecule has 11 heavy (non-hydrogen) atoms. The molecule has 0 spiro atoms. The van der Waals surface area contributed by atoms with Crippen molar-refractivity contribution in [3.05, 3.63) is 12.7 Å². The lowest BCUT2D eigenvalue weighted by molar-refractivity contribution is -0.143. The molecule has 0 aromatic carbocycles. The van der Waals surface area contributed by atoms with Crippen molar-refractivity contribution in [2.45, 2.75) is 19.8 Å². The third kappa shape index (κ3) is 5.33. The SMILES string of the molecule is C=CC(=O)OCC(=O)CCC. The first-order valence-electron chi connectivity index (χ1n) is 3.51. The van der Waals surface area contributed by atoms with E-state index in [9.17, 15) is 9.59 Å². The molecule has 3 heteroatoms.